The molecule has 3 aliphatic heterocycles. The van der Waals surface area contributed by atoms with Crippen molar-refractivity contribution in [1.82, 2.24) is 0 Å². The first-order valence-electron chi connectivity index (χ1n) is 34.0. The number of aliphatic hydroxyl groups is 10. The van der Waals surface area contributed by atoms with Gasteiger partial charge in [0.1, 0.15) is 0 Å². The maximum atomic E-state index is 8.31. The molecule has 622 valence electrons. The highest BCUT2D eigenvalue weighted by Gasteiger charge is 2.31. The number of rotatable bonds is 32. The second-order valence-corrected chi connectivity index (χ2v) is 21.5. The van der Waals surface area contributed by atoms with Crippen LogP contribution in [-0.2, 0) is 53.8 Å². The van der Waals surface area contributed by atoms with E-state index in [1.54, 1.807) is 63.4 Å². The van der Waals surface area contributed by atoms with Gasteiger partial charge >= 0.3 is 0 Å². The Bertz CT molecular complexity index is 1480. The van der Waals surface area contributed by atoms with Crippen LogP contribution in [0.5, 0.6) is 11.5 Å². The molecule has 37 heteroatoms. The second kappa shape index (κ2) is 104. The first kappa shape index (κ1) is 122. The molecule has 0 aliphatic carbocycles. The molecule has 3 heterocycles. The number of nitrogens with two attached hydrogens (primary N) is 15. The monoisotopic (exact) mass is 1490 g/mol. The van der Waals surface area contributed by atoms with E-state index >= 15 is 0 Å². The van der Waals surface area contributed by atoms with E-state index in [2.05, 4.69) is 4.74 Å². The minimum Gasteiger partial charge on any atom is -0.493 e. The predicted molar refractivity (Wildman–Crippen MR) is 401 cm³/mol. The lowest BCUT2D eigenvalue weighted by Gasteiger charge is -2.16. The van der Waals surface area contributed by atoms with Crippen molar-refractivity contribution >= 4 is 0 Å². The van der Waals surface area contributed by atoms with E-state index < -0.39 is 23.5 Å². The molecule has 101 heavy (non-hydrogen) atoms. The smallest absolute Gasteiger partial charge is 0.168 e. The summed E-state index contributed by atoms with van der Waals surface area (Å²) in [6.45, 7) is 23.2. The topological polar surface area (TPSA) is 703 Å². The molecule has 1 aromatic carbocycles. The summed E-state index contributed by atoms with van der Waals surface area (Å²) in [5.74, 6) is 1.10. The fourth-order valence-electron chi connectivity index (χ4n) is 5.01. The highest BCUT2D eigenvalue weighted by molar-refractivity contribution is 5.42. The summed E-state index contributed by atoms with van der Waals surface area (Å²) in [6.07, 6.45) is 6.33. The van der Waals surface area contributed by atoms with E-state index in [1.807, 2.05) is 39.0 Å². The van der Waals surface area contributed by atoms with E-state index in [-0.39, 0.29) is 83.7 Å². The van der Waals surface area contributed by atoms with Gasteiger partial charge in [0.25, 0.3) is 0 Å². The maximum absolute atomic E-state index is 8.31. The summed E-state index contributed by atoms with van der Waals surface area (Å²) in [6, 6.07) is 5.38. The third-order valence-corrected chi connectivity index (χ3v) is 11.0. The van der Waals surface area contributed by atoms with Crippen LogP contribution in [0.15, 0.2) is 18.2 Å². The van der Waals surface area contributed by atoms with Gasteiger partial charge in [-0.2, -0.15) is 0 Å². The molecule has 0 radical (unpaired) electrons. The van der Waals surface area contributed by atoms with Gasteiger partial charge in [0.2, 0.25) is 0 Å². The lowest BCUT2D eigenvalue weighted by molar-refractivity contribution is -0.137. The fraction of sp³-hybridized carbons (Fsp3) is 0.906. The van der Waals surface area contributed by atoms with Gasteiger partial charge in [0, 0.05) is 120 Å². The minimum atomic E-state index is -0.806. The van der Waals surface area contributed by atoms with Crippen LogP contribution in [0.1, 0.15) is 92.1 Å². The Morgan fingerprint density at radius 2 is 1.05 bits per heavy atom. The van der Waals surface area contributed by atoms with Crippen LogP contribution in [0, 0.1) is 0 Å². The van der Waals surface area contributed by atoms with Crippen molar-refractivity contribution in [2.24, 2.45) is 86.0 Å². The zero-order valence-electron chi connectivity index (χ0n) is 64.3. The van der Waals surface area contributed by atoms with Gasteiger partial charge < -0.3 is 194 Å². The molecular weight excluding hydrogens is 1330 g/mol. The van der Waals surface area contributed by atoms with Crippen LogP contribution < -0.4 is 95.5 Å². The summed E-state index contributed by atoms with van der Waals surface area (Å²) in [7, 11) is 9.68. The van der Waals surface area contributed by atoms with Gasteiger partial charge in [-0.15, -0.1) is 0 Å². The molecule has 0 aromatic heterocycles. The van der Waals surface area contributed by atoms with E-state index in [0.29, 0.717) is 97.9 Å². The first-order valence-corrected chi connectivity index (χ1v) is 34.0. The van der Waals surface area contributed by atoms with Crippen LogP contribution in [0.2, 0.25) is 0 Å². The van der Waals surface area contributed by atoms with Gasteiger partial charge in [-0.05, 0) is 137 Å². The van der Waals surface area contributed by atoms with Gasteiger partial charge in [-0.25, -0.2) is 0 Å². The molecule has 0 saturated carbocycles. The van der Waals surface area contributed by atoms with Crippen LogP contribution in [0.3, 0.4) is 0 Å². The zero-order valence-corrected chi connectivity index (χ0v) is 64.3. The molecule has 5 atom stereocenters. The molecule has 0 spiro atoms. The van der Waals surface area contributed by atoms with E-state index in [1.165, 1.54) is 12.0 Å². The molecular formula is C64H159N15O22. The molecule has 3 aliphatic rings. The van der Waals surface area contributed by atoms with Crippen molar-refractivity contribution in [2.45, 2.75) is 153 Å². The highest BCUT2D eigenvalue weighted by atomic mass is 16.7. The first-order chi connectivity index (χ1) is 48.0. The average molecular weight is 1490 g/mol. The van der Waals surface area contributed by atoms with Gasteiger partial charge in [0.05, 0.1) is 122 Å². The summed E-state index contributed by atoms with van der Waals surface area (Å²) in [5.41, 5.74) is 77.1. The standard InChI is InChI=1S/C10H15NO2.C6H13NO2.C5H11NO2.C5H11NO.2C4H11NO2.3C4H11NO.2C3H9NO2.4C3H9NO/c1-12-9-4-3-8(5-6-11)7-10(9)13-2;1-6(2)8-4-5(3-7)9-6;6-2-1-5-7-3-4-8-5;6-4-5-2-1-3-7-5;1-6-4(3-5)7-2;1-4(5,2-6)3-7;1-6-4-2-3-5;1-2-6-4-3-5;5-3-1-2-4-6;4-3(1-5)2-6;4-1-3(6)2-5;1-5-3-2-4;2*1-3(5)2-4;4-2-1-3-5/h3-4,7H,5-6,11H2,1-2H3;5H,3-4,7H2,1-2H3;5H,1-4,6H2;5H,1-4,6H2;4H,3,5H2,1-2H3;6-7H,2-3,5H2,1H3;2*2-5H2,1H3;6H,1-5H2;2*3,5-6H,1-2,4H2;2-4H2,1H3;2*3,5H,2,4H2,1H3;5H,1-4H2/t;;;;;;;;;;;;2*3-;/m............10./s1. The lowest BCUT2D eigenvalue weighted by Crippen LogP contribution is -2.43. The predicted octanol–water partition coefficient (Wildman–Crippen LogP) is -6.77. The second-order valence-electron chi connectivity index (χ2n) is 21.5. The molecule has 4 rings (SSSR count). The lowest BCUT2D eigenvalue weighted by atomic mass is 10.1. The summed E-state index contributed by atoms with van der Waals surface area (Å²) in [5, 5.41) is 81.6. The molecule has 3 unspecified atom stereocenters. The van der Waals surface area contributed by atoms with Crippen LogP contribution in [-0.4, -0.2) is 338 Å². The number of hydrogen-bond acceptors (Lipinski definition) is 37. The number of unbranched alkanes of at least 4 members (excludes halogenated alkanes) is 1. The minimum absolute atomic E-state index is 0.0139. The van der Waals surface area contributed by atoms with Gasteiger partial charge in [0.15, 0.2) is 29.9 Å². The van der Waals surface area contributed by atoms with E-state index in [9.17, 15) is 0 Å². The Hall–Kier alpha value is -2.58. The fourth-order valence-corrected chi connectivity index (χ4v) is 5.01. The van der Waals surface area contributed by atoms with Crippen LogP contribution in [0.25, 0.3) is 0 Å². The normalized spacial score (nSPS) is 15.0. The molecule has 0 bridgehead atoms. The highest BCUT2D eigenvalue weighted by Crippen LogP contribution is 2.27. The van der Waals surface area contributed by atoms with E-state index in [4.69, 9.17) is 189 Å². The summed E-state index contributed by atoms with van der Waals surface area (Å²) >= 11 is 0. The Balaban J connectivity index is -0.0000000964. The van der Waals surface area contributed by atoms with E-state index in [0.717, 1.165) is 96.0 Å². The average Bonchev–Trinajstić information content (AvgIpc) is 1.87. The third kappa shape index (κ3) is 119. The number of methoxy groups -OCH3 is 6. The molecule has 1 aromatic rings. The van der Waals surface area contributed by atoms with Crippen molar-refractivity contribution in [1.29, 1.82) is 0 Å². The van der Waals surface area contributed by atoms with Crippen molar-refractivity contribution in [3.63, 3.8) is 0 Å². The molecule has 3 fully saturated rings. The molecule has 40 N–H and O–H groups in total. The van der Waals surface area contributed by atoms with Crippen molar-refractivity contribution in [3.8, 4) is 11.5 Å². The Kier molecular flexibility index (Phi) is 126. The number of benzene rings is 1. The summed E-state index contributed by atoms with van der Waals surface area (Å²) < 4.78 is 59.8. The summed E-state index contributed by atoms with van der Waals surface area (Å²) in [4.78, 5) is 0. The van der Waals surface area contributed by atoms with Crippen LogP contribution in [0.4, 0.5) is 0 Å². The molecule has 0 amide bonds. The van der Waals surface area contributed by atoms with Crippen LogP contribution >= 0.6 is 0 Å². The quantitative estimate of drug-likeness (QED) is 0.0235. The maximum Gasteiger partial charge on any atom is 0.168 e. The van der Waals surface area contributed by atoms with Gasteiger partial charge in [-0.1, -0.05) is 6.07 Å². The SMILES string of the molecule is CC(N)(CO)CO.CC1(C)OCC(CN)O1.CCOCCN.COC(CN)OC.COCCCN.COCCN.COc1ccc(CCN)cc1OC.C[C@@H](O)CN.C[C@H](O)CN.NC(CO)CO.NCC(O)CO.NCC1CCCO1.NCCC1OCCO1.NCCCCO.NCCCO. The number of ether oxygens (including phenoxy) is 12. The molecule has 37 nitrogen and oxygen atoms in total. The third-order valence-electron chi connectivity index (χ3n) is 11.0. The number of aliphatic hydroxyl groups excluding tert-OH is 10. The van der Waals surface area contributed by atoms with Gasteiger partial charge in [-0.3, -0.25) is 0 Å². The Labute approximate surface area is 607 Å². The van der Waals surface area contributed by atoms with Crippen molar-refractivity contribution in [2.75, 3.05) is 227 Å². The zero-order chi connectivity index (χ0) is 80.4. The Morgan fingerprint density at radius 1 is 0.564 bits per heavy atom. The van der Waals surface area contributed by atoms with Crippen molar-refractivity contribution in [3.05, 3.63) is 23.8 Å². The largest absolute Gasteiger partial charge is 0.493 e. The molecule has 3 saturated heterocycles. The Morgan fingerprint density at radius 3 is 1.23 bits per heavy atom. The van der Waals surface area contributed by atoms with Crippen molar-refractivity contribution < 1.29 is 108 Å². The number of hydrogen-bond donors (Lipinski definition) is 25.